The van der Waals surface area contributed by atoms with Gasteiger partial charge in [-0.25, -0.2) is 4.98 Å². The van der Waals surface area contributed by atoms with Crippen LogP contribution in [0.25, 0.3) is 10.6 Å². The van der Waals surface area contributed by atoms with Gasteiger partial charge in [-0.15, -0.1) is 47.5 Å². The van der Waals surface area contributed by atoms with Gasteiger partial charge in [-0.2, -0.15) is 4.99 Å². The van der Waals surface area contributed by atoms with Crippen LogP contribution in [0.15, 0.2) is 22.5 Å². The molecule has 6 N–H and O–H groups in total. The normalized spacial score (nSPS) is 9.32. The van der Waals surface area contributed by atoms with Gasteiger partial charge in [0.15, 0.2) is 5.96 Å². The molecule has 0 aromatic carbocycles. The van der Waals surface area contributed by atoms with Crippen molar-refractivity contribution in [2.45, 2.75) is 6.42 Å². The first-order valence-electron chi connectivity index (χ1n) is 5.03. The summed E-state index contributed by atoms with van der Waals surface area (Å²) in [5.41, 5.74) is 17.0. The molecule has 9 heteroatoms. The predicted octanol–water partition coefficient (Wildman–Crippen LogP) is 2.12. The molecular formula is C10H15Cl2N5S2. The Morgan fingerprint density at radius 3 is 2.63 bits per heavy atom. The Morgan fingerprint density at radius 2 is 2.00 bits per heavy atom. The van der Waals surface area contributed by atoms with Crippen molar-refractivity contribution in [3.63, 3.8) is 0 Å². The molecule has 0 unspecified atom stereocenters. The summed E-state index contributed by atoms with van der Waals surface area (Å²) in [6.07, 6.45) is 0.898. The fourth-order valence-corrected chi connectivity index (χ4v) is 3.10. The van der Waals surface area contributed by atoms with Crippen LogP contribution in [0.3, 0.4) is 0 Å². The van der Waals surface area contributed by atoms with E-state index in [1.54, 1.807) is 11.3 Å². The molecule has 0 saturated heterocycles. The third-order valence-electron chi connectivity index (χ3n) is 2.02. The third-order valence-corrected chi connectivity index (χ3v) is 3.92. The molecule has 0 aliphatic carbocycles. The van der Waals surface area contributed by atoms with Gasteiger partial charge in [0.25, 0.3) is 0 Å². The van der Waals surface area contributed by atoms with Crippen molar-refractivity contribution in [2.75, 3.05) is 6.54 Å². The summed E-state index contributed by atoms with van der Waals surface area (Å²) in [6.45, 7) is 0.663. The molecule has 0 saturated carbocycles. The first-order valence-corrected chi connectivity index (χ1v) is 6.73. The number of thiazole rings is 1. The lowest BCUT2D eigenvalue weighted by molar-refractivity contribution is 0.989. The number of aliphatic imine (C=N–C) groups is 1. The van der Waals surface area contributed by atoms with Gasteiger partial charge in [0.1, 0.15) is 0 Å². The minimum atomic E-state index is 0. The molecule has 2 rings (SSSR count). The van der Waals surface area contributed by atoms with Gasteiger partial charge >= 0.3 is 0 Å². The molecule has 106 valence electrons. The first-order chi connectivity index (χ1) is 8.19. The molecule has 0 amide bonds. The molecule has 2 aromatic rings. The van der Waals surface area contributed by atoms with Crippen molar-refractivity contribution in [3.8, 4) is 10.6 Å². The monoisotopic (exact) mass is 339 g/mol. The van der Waals surface area contributed by atoms with Crippen LogP contribution in [0.5, 0.6) is 0 Å². The first kappa shape index (κ1) is 18.1. The molecule has 19 heavy (non-hydrogen) atoms. The highest BCUT2D eigenvalue weighted by Crippen LogP contribution is 2.31. The summed E-state index contributed by atoms with van der Waals surface area (Å²) in [5, 5.41) is 2.52. The molecule has 0 spiro atoms. The summed E-state index contributed by atoms with van der Waals surface area (Å²) < 4.78 is 0. The smallest absolute Gasteiger partial charge is 0.212 e. The highest BCUT2D eigenvalue weighted by molar-refractivity contribution is 7.16. The molecule has 5 nitrogen and oxygen atoms in total. The van der Waals surface area contributed by atoms with Gasteiger partial charge < -0.3 is 17.2 Å². The number of guanidine groups is 1. The Bertz CT molecular complexity index is 534. The maximum Gasteiger partial charge on any atom is 0.212 e. The van der Waals surface area contributed by atoms with E-state index in [0.29, 0.717) is 11.7 Å². The minimum absolute atomic E-state index is 0. The average Bonchev–Trinajstić information content (AvgIpc) is 2.86. The quantitative estimate of drug-likeness (QED) is 0.586. The Kier molecular flexibility index (Phi) is 7.96. The SMILES string of the molecule is Cl.Cl.NCCc1ccc(-c2csc(N=C(N)N)n2)s1. The molecule has 2 aromatic heterocycles. The Hall–Kier alpha value is -0.860. The Balaban J connectivity index is 0.00000162. The van der Waals surface area contributed by atoms with Crippen molar-refractivity contribution in [1.82, 2.24) is 4.98 Å². The lowest BCUT2D eigenvalue weighted by Gasteiger charge is -1.90. The Morgan fingerprint density at radius 1 is 1.26 bits per heavy atom. The largest absolute Gasteiger partial charge is 0.370 e. The maximum absolute atomic E-state index is 5.51. The van der Waals surface area contributed by atoms with Crippen LogP contribution in [-0.4, -0.2) is 17.5 Å². The van der Waals surface area contributed by atoms with Crippen molar-refractivity contribution >= 4 is 58.6 Å². The second-order valence-corrected chi connectivity index (χ2v) is 5.36. The number of aromatic nitrogens is 1. The second-order valence-electron chi connectivity index (χ2n) is 3.36. The minimum Gasteiger partial charge on any atom is -0.370 e. The zero-order valence-electron chi connectivity index (χ0n) is 9.91. The molecule has 0 atom stereocenters. The number of nitrogens with two attached hydrogens (primary N) is 3. The van der Waals surface area contributed by atoms with Gasteiger partial charge in [0.2, 0.25) is 5.13 Å². The number of thiophene rings is 1. The highest BCUT2D eigenvalue weighted by atomic mass is 35.5. The van der Waals surface area contributed by atoms with E-state index < -0.39 is 0 Å². The molecule has 2 heterocycles. The third kappa shape index (κ3) is 4.96. The summed E-state index contributed by atoms with van der Waals surface area (Å²) in [6, 6.07) is 4.12. The van der Waals surface area contributed by atoms with Gasteiger partial charge in [-0.05, 0) is 25.1 Å². The summed E-state index contributed by atoms with van der Waals surface area (Å²) in [7, 11) is 0. The lowest BCUT2D eigenvalue weighted by atomic mass is 10.3. The van der Waals surface area contributed by atoms with E-state index in [1.165, 1.54) is 16.2 Å². The van der Waals surface area contributed by atoms with E-state index in [0.717, 1.165) is 17.0 Å². The summed E-state index contributed by atoms with van der Waals surface area (Å²) in [5.74, 6) is 0.0286. The number of hydrogen-bond acceptors (Lipinski definition) is 5. The zero-order valence-corrected chi connectivity index (χ0v) is 13.2. The van der Waals surface area contributed by atoms with E-state index in [9.17, 15) is 0 Å². The molecule has 0 radical (unpaired) electrons. The van der Waals surface area contributed by atoms with Crippen LogP contribution >= 0.6 is 47.5 Å². The molecule has 0 aliphatic rings. The molecular weight excluding hydrogens is 325 g/mol. The predicted molar refractivity (Wildman–Crippen MR) is 88.2 cm³/mol. The van der Waals surface area contributed by atoms with Crippen LogP contribution in [0.4, 0.5) is 5.13 Å². The topological polar surface area (TPSA) is 103 Å². The van der Waals surface area contributed by atoms with Crippen LogP contribution in [0.2, 0.25) is 0 Å². The van der Waals surface area contributed by atoms with E-state index in [4.69, 9.17) is 17.2 Å². The van der Waals surface area contributed by atoms with E-state index in [-0.39, 0.29) is 30.8 Å². The van der Waals surface area contributed by atoms with Gasteiger partial charge in [0.05, 0.1) is 10.6 Å². The highest BCUT2D eigenvalue weighted by Gasteiger charge is 2.07. The fourth-order valence-electron chi connectivity index (χ4n) is 1.33. The van der Waals surface area contributed by atoms with Crippen molar-refractivity contribution < 1.29 is 0 Å². The maximum atomic E-state index is 5.51. The Labute approximate surface area is 131 Å². The summed E-state index contributed by atoms with van der Waals surface area (Å²) >= 11 is 3.11. The van der Waals surface area contributed by atoms with Crippen LogP contribution in [0, 0.1) is 0 Å². The number of nitrogens with zero attached hydrogens (tertiary/aromatic N) is 2. The average molecular weight is 340 g/mol. The van der Waals surface area contributed by atoms with Crippen molar-refractivity contribution in [1.29, 1.82) is 0 Å². The van der Waals surface area contributed by atoms with E-state index in [2.05, 4.69) is 16.0 Å². The fraction of sp³-hybridized carbons (Fsp3) is 0.200. The van der Waals surface area contributed by atoms with Crippen LogP contribution in [-0.2, 0) is 6.42 Å². The van der Waals surface area contributed by atoms with E-state index >= 15 is 0 Å². The number of hydrogen-bond donors (Lipinski definition) is 3. The number of halogens is 2. The molecule has 0 aliphatic heterocycles. The van der Waals surface area contributed by atoms with Gasteiger partial charge in [-0.1, -0.05) is 0 Å². The van der Waals surface area contributed by atoms with Crippen molar-refractivity contribution in [3.05, 3.63) is 22.4 Å². The van der Waals surface area contributed by atoms with Gasteiger partial charge in [-0.3, -0.25) is 0 Å². The van der Waals surface area contributed by atoms with Gasteiger partial charge in [0, 0.05) is 10.3 Å². The van der Waals surface area contributed by atoms with Crippen LogP contribution < -0.4 is 17.2 Å². The van der Waals surface area contributed by atoms with Crippen LogP contribution in [0.1, 0.15) is 4.88 Å². The molecule has 0 fully saturated rings. The second kappa shape index (κ2) is 8.34. The standard InChI is InChI=1S/C10H13N5S2.2ClH/c11-4-3-6-1-2-8(17-6)7-5-16-10(14-7)15-9(12)13;;/h1-2,5H,3-4,11H2,(H4,12,13,14,15);2*1H. The van der Waals surface area contributed by atoms with E-state index in [1.807, 2.05) is 11.4 Å². The van der Waals surface area contributed by atoms with Crippen molar-refractivity contribution in [2.24, 2.45) is 22.2 Å². The zero-order chi connectivity index (χ0) is 12.3. The lowest BCUT2D eigenvalue weighted by Crippen LogP contribution is -2.21. The molecule has 0 bridgehead atoms. The summed E-state index contributed by atoms with van der Waals surface area (Å²) in [4.78, 5) is 10.6. The number of rotatable bonds is 4.